The minimum absolute atomic E-state index is 0.0452. The highest BCUT2D eigenvalue weighted by Crippen LogP contribution is 2.66. The highest BCUT2D eigenvalue weighted by molar-refractivity contribution is 8.47. The highest BCUT2D eigenvalue weighted by atomic mass is 35.5. The molecule has 0 aliphatic carbocycles. The van der Waals surface area contributed by atoms with Gasteiger partial charge in [0.1, 0.15) is 0 Å². The van der Waals surface area contributed by atoms with Gasteiger partial charge in [-0.3, -0.25) is 4.79 Å². The molecular weight excluding hydrogens is 256 g/mol. The molecular formula is C12H13ClN2OS. The molecule has 1 aromatic carbocycles. The standard InChI is InChI=1S/C12H13ClN2OS/c1-8-11(13)12(14)17(15-8,9(2)16)10-6-4-3-5-7-10/h3-7H,14H2,1-2H3. The molecule has 90 valence electrons. The Morgan fingerprint density at radius 2 is 1.94 bits per heavy atom. The Bertz CT molecular complexity index is 539. The van der Waals surface area contributed by atoms with Crippen LogP contribution in [0, 0.1) is 0 Å². The second-order valence-corrected chi connectivity index (χ2v) is 6.95. The molecule has 0 fully saturated rings. The molecule has 5 heteroatoms. The number of hydrogen-bond acceptors (Lipinski definition) is 3. The summed E-state index contributed by atoms with van der Waals surface area (Å²) in [6.07, 6.45) is 0. The summed E-state index contributed by atoms with van der Waals surface area (Å²) < 4.78 is 4.47. The van der Waals surface area contributed by atoms with Crippen molar-refractivity contribution in [1.82, 2.24) is 0 Å². The number of allylic oxidation sites excluding steroid dienone is 1. The summed E-state index contributed by atoms with van der Waals surface area (Å²) in [5, 5.41) is 0.769. The quantitative estimate of drug-likeness (QED) is 0.851. The van der Waals surface area contributed by atoms with Crippen molar-refractivity contribution < 1.29 is 4.79 Å². The van der Waals surface area contributed by atoms with E-state index in [9.17, 15) is 4.79 Å². The highest BCUT2D eigenvalue weighted by Gasteiger charge is 2.40. The summed E-state index contributed by atoms with van der Waals surface area (Å²) in [6, 6.07) is 9.38. The van der Waals surface area contributed by atoms with Crippen molar-refractivity contribution >= 4 is 32.6 Å². The van der Waals surface area contributed by atoms with Crippen molar-refractivity contribution in [3.63, 3.8) is 0 Å². The molecule has 1 atom stereocenters. The molecule has 0 saturated carbocycles. The van der Waals surface area contributed by atoms with E-state index in [0.717, 1.165) is 4.90 Å². The van der Waals surface area contributed by atoms with E-state index in [4.69, 9.17) is 17.3 Å². The normalized spacial score (nSPS) is 27.6. The maximum atomic E-state index is 12.0. The summed E-state index contributed by atoms with van der Waals surface area (Å²) >= 11 is 6.08. The Morgan fingerprint density at radius 3 is 2.35 bits per heavy atom. The van der Waals surface area contributed by atoms with Crippen LogP contribution in [0.1, 0.15) is 13.8 Å². The average molecular weight is 269 g/mol. The molecule has 1 unspecified atom stereocenters. The molecule has 0 bridgehead atoms. The minimum atomic E-state index is -2.16. The number of benzene rings is 1. The summed E-state index contributed by atoms with van der Waals surface area (Å²) in [7, 11) is -2.16. The lowest BCUT2D eigenvalue weighted by molar-refractivity contribution is -0.109. The maximum Gasteiger partial charge on any atom is 0.196 e. The van der Waals surface area contributed by atoms with Crippen LogP contribution in [0.2, 0.25) is 0 Å². The molecule has 0 saturated heterocycles. The van der Waals surface area contributed by atoms with Crippen LogP contribution in [0.5, 0.6) is 0 Å². The SMILES string of the molecule is CC(=O)S1(c2ccccc2)N=C(C)C(Cl)=C1N. The number of hydrogen-bond donors (Lipinski definition) is 1. The van der Waals surface area contributed by atoms with Gasteiger partial charge in [0, 0.05) is 11.8 Å². The predicted octanol–water partition coefficient (Wildman–Crippen LogP) is 3.15. The van der Waals surface area contributed by atoms with Gasteiger partial charge in [-0.15, -0.1) is 0 Å². The molecule has 0 radical (unpaired) electrons. The zero-order valence-electron chi connectivity index (χ0n) is 9.61. The van der Waals surface area contributed by atoms with Crippen LogP contribution in [0.15, 0.2) is 49.7 Å². The van der Waals surface area contributed by atoms with Crippen LogP contribution < -0.4 is 5.73 Å². The van der Waals surface area contributed by atoms with Gasteiger partial charge in [0.25, 0.3) is 0 Å². The Hall–Kier alpha value is -1.26. The number of carbonyl (C=O) groups is 1. The van der Waals surface area contributed by atoms with E-state index >= 15 is 0 Å². The fraction of sp³-hybridized carbons (Fsp3) is 0.167. The van der Waals surface area contributed by atoms with Gasteiger partial charge >= 0.3 is 0 Å². The van der Waals surface area contributed by atoms with Gasteiger partial charge in [-0.1, -0.05) is 29.8 Å². The van der Waals surface area contributed by atoms with Crippen LogP contribution in [0.25, 0.3) is 0 Å². The third kappa shape index (κ3) is 1.68. The van der Waals surface area contributed by atoms with E-state index in [-0.39, 0.29) is 5.12 Å². The predicted molar refractivity (Wildman–Crippen MR) is 73.2 cm³/mol. The Balaban J connectivity index is 2.71. The number of rotatable bonds is 1. The van der Waals surface area contributed by atoms with Crippen molar-refractivity contribution in [2.75, 3.05) is 0 Å². The van der Waals surface area contributed by atoms with Crippen LogP contribution in [0.4, 0.5) is 0 Å². The van der Waals surface area contributed by atoms with Gasteiger partial charge in [0.05, 0.1) is 15.8 Å². The van der Waals surface area contributed by atoms with E-state index in [0.29, 0.717) is 15.8 Å². The molecule has 17 heavy (non-hydrogen) atoms. The molecule has 0 aromatic heterocycles. The molecule has 0 amide bonds. The molecule has 1 aliphatic rings. The fourth-order valence-corrected chi connectivity index (χ4v) is 4.90. The number of halogens is 1. The number of carbonyl (C=O) groups excluding carboxylic acids is 1. The zero-order valence-corrected chi connectivity index (χ0v) is 11.2. The smallest absolute Gasteiger partial charge is 0.196 e. The minimum Gasteiger partial charge on any atom is -0.392 e. The Morgan fingerprint density at radius 1 is 1.35 bits per heavy atom. The van der Waals surface area contributed by atoms with Crippen molar-refractivity contribution in [3.05, 3.63) is 40.4 Å². The third-order valence-electron chi connectivity index (χ3n) is 2.63. The lowest BCUT2D eigenvalue weighted by atomic mass is 10.4. The largest absolute Gasteiger partial charge is 0.392 e. The average Bonchev–Trinajstić information content (AvgIpc) is 2.56. The fourth-order valence-electron chi connectivity index (χ4n) is 1.78. The first kappa shape index (κ1) is 12.2. The second kappa shape index (κ2) is 4.20. The zero-order chi connectivity index (χ0) is 12.6. The monoisotopic (exact) mass is 268 g/mol. The van der Waals surface area contributed by atoms with Crippen molar-refractivity contribution in [2.45, 2.75) is 18.7 Å². The second-order valence-electron chi connectivity index (χ2n) is 3.74. The lowest BCUT2D eigenvalue weighted by Crippen LogP contribution is -2.13. The summed E-state index contributed by atoms with van der Waals surface area (Å²) in [6.45, 7) is 3.29. The van der Waals surface area contributed by atoms with Gasteiger partial charge in [0.15, 0.2) is 5.12 Å². The first-order chi connectivity index (χ1) is 8.00. The van der Waals surface area contributed by atoms with Gasteiger partial charge in [-0.25, -0.2) is 4.40 Å². The van der Waals surface area contributed by atoms with Crippen LogP contribution in [-0.4, -0.2) is 10.8 Å². The van der Waals surface area contributed by atoms with Gasteiger partial charge < -0.3 is 5.73 Å². The molecule has 0 spiro atoms. The van der Waals surface area contributed by atoms with E-state index in [1.807, 2.05) is 30.3 Å². The lowest BCUT2D eigenvalue weighted by Gasteiger charge is -2.30. The summed E-state index contributed by atoms with van der Waals surface area (Å²) in [5.41, 5.74) is 6.67. The number of nitrogens with zero attached hydrogens (tertiary/aromatic N) is 1. The Labute approximate surface area is 107 Å². The molecule has 2 N–H and O–H groups in total. The van der Waals surface area contributed by atoms with Crippen LogP contribution in [0.3, 0.4) is 0 Å². The van der Waals surface area contributed by atoms with Crippen molar-refractivity contribution in [3.8, 4) is 0 Å². The molecule has 2 rings (SSSR count). The van der Waals surface area contributed by atoms with Crippen molar-refractivity contribution in [2.24, 2.45) is 10.1 Å². The van der Waals surface area contributed by atoms with Gasteiger partial charge in [-0.05, 0) is 29.3 Å². The maximum absolute atomic E-state index is 12.0. The number of nitrogens with two attached hydrogens (primary N) is 1. The Kier molecular flexibility index (Phi) is 3.02. The first-order valence-electron chi connectivity index (χ1n) is 5.11. The topological polar surface area (TPSA) is 55.5 Å². The van der Waals surface area contributed by atoms with Crippen LogP contribution >= 0.6 is 21.8 Å². The first-order valence-corrected chi connectivity index (χ1v) is 7.08. The van der Waals surface area contributed by atoms with Gasteiger partial charge in [-0.2, -0.15) is 0 Å². The van der Waals surface area contributed by atoms with Gasteiger partial charge in [0.2, 0.25) is 0 Å². The summed E-state index contributed by atoms with van der Waals surface area (Å²) in [4.78, 5) is 12.9. The van der Waals surface area contributed by atoms with Crippen molar-refractivity contribution in [1.29, 1.82) is 0 Å². The molecule has 1 aliphatic heterocycles. The third-order valence-corrected chi connectivity index (χ3v) is 6.39. The van der Waals surface area contributed by atoms with E-state index in [1.165, 1.54) is 6.92 Å². The molecule has 3 nitrogen and oxygen atoms in total. The molecule has 1 aromatic rings. The summed E-state index contributed by atoms with van der Waals surface area (Å²) in [5.74, 6) is 0. The van der Waals surface area contributed by atoms with E-state index < -0.39 is 10.2 Å². The van der Waals surface area contributed by atoms with Crippen LogP contribution in [-0.2, 0) is 4.79 Å². The van der Waals surface area contributed by atoms with E-state index in [2.05, 4.69) is 4.40 Å². The molecule has 1 heterocycles. The van der Waals surface area contributed by atoms with E-state index in [1.54, 1.807) is 6.92 Å².